The first-order valence-corrected chi connectivity index (χ1v) is 12.2. The van der Waals surface area contributed by atoms with Gasteiger partial charge in [-0.25, -0.2) is 4.98 Å². The molecule has 4 aromatic heterocycles. The Labute approximate surface area is 207 Å². The van der Waals surface area contributed by atoms with Crippen LogP contribution in [0.1, 0.15) is 30.0 Å². The van der Waals surface area contributed by atoms with E-state index in [9.17, 15) is 0 Å². The van der Waals surface area contributed by atoms with Crippen molar-refractivity contribution in [3.05, 3.63) is 76.5 Å². The topological polar surface area (TPSA) is 110 Å². The van der Waals surface area contributed by atoms with Gasteiger partial charge in [-0.05, 0) is 51.7 Å². The van der Waals surface area contributed by atoms with Gasteiger partial charge in [0.25, 0.3) is 0 Å². The van der Waals surface area contributed by atoms with Crippen LogP contribution in [0.5, 0.6) is 0 Å². The SMILES string of the molecule is Brc1c(-c2ccccc2-c2nn[nH]n2)oc2ccc(CNc3cc(C4CC4)nc4ccnn34)cc12. The average molecular weight is 527 g/mol. The lowest BCUT2D eigenvalue weighted by Gasteiger charge is -2.10. The Kier molecular flexibility index (Phi) is 4.66. The minimum atomic E-state index is 0.519. The number of tetrazole rings is 1. The molecular formula is C25H19BrN8O. The molecule has 4 heterocycles. The zero-order valence-corrected chi connectivity index (χ0v) is 20.0. The Morgan fingerprint density at radius 2 is 1.97 bits per heavy atom. The molecule has 0 radical (unpaired) electrons. The van der Waals surface area contributed by atoms with Gasteiger partial charge in [0.15, 0.2) is 5.65 Å². The number of halogens is 1. The maximum absolute atomic E-state index is 6.26. The van der Waals surface area contributed by atoms with E-state index in [0.717, 1.165) is 55.1 Å². The highest BCUT2D eigenvalue weighted by atomic mass is 79.9. The van der Waals surface area contributed by atoms with Crippen molar-refractivity contribution in [2.75, 3.05) is 5.32 Å². The van der Waals surface area contributed by atoms with Crippen LogP contribution in [-0.2, 0) is 6.54 Å². The maximum atomic E-state index is 6.26. The van der Waals surface area contributed by atoms with Crippen molar-refractivity contribution < 1.29 is 4.42 Å². The molecule has 0 bridgehead atoms. The lowest BCUT2D eigenvalue weighted by atomic mass is 10.0. The molecule has 0 unspecified atom stereocenters. The minimum Gasteiger partial charge on any atom is -0.455 e. The van der Waals surface area contributed by atoms with E-state index >= 15 is 0 Å². The fourth-order valence-corrected chi connectivity index (χ4v) is 4.99. The first kappa shape index (κ1) is 20.3. The number of nitrogens with zero attached hydrogens (tertiary/aromatic N) is 6. The quantitative estimate of drug-likeness (QED) is 0.291. The van der Waals surface area contributed by atoms with E-state index in [2.05, 4.69) is 65.2 Å². The highest BCUT2D eigenvalue weighted by molar-refractivity contribution is 9.10. The van der Waals surface area contributed by atoms with Crippen LogP contribution >= 0.6 is 15.9 Å². The molecule has 10 heteroatoms. The highest BCUT2D eigenvalue weighted by Crippen LogP contribution is 2.42. The summed E-state index contributed by atoms with van der Waals surface area (Å²) >= 11 is 3.78. The van der Waals surface area contributed by atoms with Gasteiger partial charge >= 0.3 is 0 Å². The number of rotatable bonds is 6. The predicted octanol–water partition coefficient (Wildman–Crippen LogP) is 5.57. The van der Waals surface area contributed by atoms with Crippen LogP contribution in [0, 0.1) is 0 Å². The molecule has 1 fully saturated rings. The van der Waals surface area contributed by atoms with Crippen LogP contribution in [0.2, 0.25) is 0 Å². The molecule has 0 saturated heterocycles. The zero-order valence-electron chi connectivity index (χ0n) is 18.4. The third-order valence-corrected chi connectivity index (χ3v) is 7.09. The van der Waals surface area contributed by atoms with Gasteiger partial charge in [-0.15, -0.1) is 10.2 Å². The summed E-state index contributed by atoms with van der Waals surface area (Å²) in [5, 5.41) is 23.5. The molecule has 6 aromatic rings. The number of furan rings is 1. The van der Waals surface area contributed by atoms with Crippen molar-refractivity contribution >= 4 is 38.4 Å². The maximum Gasteiger partial charge on any atom is 0.205 e. The largest absolute Gasteiger partial charge is 0.455 e. The monoisotopic (exact) mass is 526 g/mol. The number of hydrogen-bond donors (Lipinski definition) is 2. The standard InChI is InChI=1S/C25H19BrN8O/c26-23-18-11-14(13-27-22-12-19(15-6-7-15)29-21-9-10-28-34(21)22)5-8-20(18)35-24(23)16-3-1-2-4-17(16)25-30-32-33-31-25/h1-5,8-12,15,27H,6-7,13H2,(H,30,31,32,33). The Bertz CT molecular complexity index is 1680. The number of nitrogens with one attached hydrogen (secondary N) is 2. The molecule has 7 rings (SSSR count). The number of fused-ring (bicyclic) bond motifs is 2. The van der Waals surface area contributed by atoms with Crippen LogP contribution in [-0.4, -0.2) is 35.2 Å². The summed E-state index contributed by atoms with van der Waals surface area (Å²) in [6, 6.07) is 18.1. The molecule has 9 nitrogen and oxygen atoms in total. The Morgan fingerprint density at radius 3 is 2.80 bits per heavy atom. The smallest absolute Gasteiger partial charge is 0.205 e. The summed E-state index contributed by atoms with van der Waals surface area (Å²) in [4.78, 5) is 4.75. The molecule has 0 atom stereocenters. The summed E-state index contributed by atoms with van der Waals surface area (Å²) in [7, 11) is 0. The lowest BCUT2D eigenvalue weighted by Crippen LogP contribution is -2.07. The van der Waals surface area contributed by atoms with Crippen molar-refractivity contribution in [1.29, 1.82) is 0 Å². The first-order valence-electron chi connectivity index (χ1n) is 11.4. The van der Waals surface area contributed by atoms with Crippen molar-refractivity contribution in [1.82, 2.24) is 35.2 Å². The van der Waals surface area contributed by atoms with Crippen molar-refractivity contribution in [2.45, 2.75) is 25.3 Å². The number of H-pyrrole nitrogens is 1. The average Bonchev–Trinajstić information content (AvgIpc) is 3.26. The number of aromatic nitrogens is 7. The number of hydrogen-bond acceptors (Lipinski definition) is 7. The van der Waals surface area contributed by atoms with Gasteiger partial charge < -0.3 is 9.73 Å². The summed E-state index contributed by atoms with van der Waals surface area (Å²) < 4.78 is 9.00. The second-order valence-electron chi connectivity index (χ2n) is 8.65. The second-order valence-corrected chi connectivity index (χ2v) is 9.44. The molecule has 1 saturated carbocycles. The summed E-state index contributed by atoms with van der Waals surface area (Å²) in [5.74, 6) is 2.77. The summed E-state index contributed by atoms with van der Waals surface area (Å²) in [5.41, 5.74) is 5.67. The van der Waals surface area contributed by atoms with Gasteiger partial charge in [0, 0.05) is 46.8 Å². The third kappa shape index (κ3) is 3.57. The Balaban J connectivity index is 1.22. The third-order valence-electron chi connectivity index (χ3n) is 6.30. The van der Waals surface area contributed by atoms with Crippen molar-refractivity contribution in [3.63, 3.8) is 0 Å². The van der Waals surface area contributed by atoms with E-state index in [-0.39, 0.29) is 0 Å². The summed E-state index contributed by atoms with van der Waals surface area (Å²) in [6.45, 7) is 0.644. The molecule has 35 heavy (non-hydrogen) atoms. The van der Waals surface area contributed by atoms with Crippen LogP contribution in [0.15, 0.2) is 69.7 Å². The van der Waals surface area contributed by atoms with Crippen LogP contribution in [0.3, 0.4) is 0 Å². The van der Waals surface area contributed by atoms with E-state index < -0.39 is 0 Å². The number of benzene rings is 2. The van der Waals surface area contributed by atoms with Gasteiger partial charge in [-0.1, -0.05) is 30.3 Å². The number of aromatic amines is 1. The fraction of sp³-hybridized carbons (Fsp3) is 0.160. The normalized spacial score (nSPS) is 13.6. The zero-order chi connectivity index (χ0) is 23.4. The van der Waals surface area contributed by atoms with Gasteiger partial charge in [-0.3, -0.25) is 0 Å². The van der Waals surface area contributed by atoms with Gasteiger partial charge in [0.2, 0.25) is 5.82 Å². The Morgan fingerprint density at radius 1 is 1.09 bits per heavy atom. The molecule has 0 amide bonds. The Hall–Kier alpha value is -4.05. The highest BCUT2D eigenvalue weighted by Gasteiger charge is 2.26. The molecule has 172 valence electrons. The van der Waals surface area contributed by atoms with Crippen LogP contribution < -0.4 is 5.32 Å². The molecule has 1 aliphatic rings. The molecular weight excluding hydrogens is 508 g/mol. The van der Waals surface area contributed by atoms with Gasteiger partial charge in [-0.2, -0.15) is 14.8 Å². The second kappa shape index (κ2) is 8.02. The van der Waals surface area contributed by atoms with E-state index in [1.165, 1.54) is 12.8 Å². The predicted molar refractivity (Wildman–Crippen MR) is 135 cm³/mol. The van der Waals surface area contributed by atoms with Crippen LogP contribution in [0.25, 0.3) is 39.3 Å². The molecule has 2 aromatic carbocycles. The van der Waals surface area contributed by atoms with Gasteiger partial charge in [0.05, 0.1) is 10.7 Å². The van der Waals surface area contributed by atoms with E-state index in [4.69, 9.17) is 9.40 Å². The van der Waals surface area contributed by atoms with Gasteiger partial charge in [0.1, 0.15) is 17.2 Å². The summed E-state index contributed by atoms with van der Waals surface area (Å²) in [6.07, 6.45) is 4.20. The van der Waals surface area contributed by atoms with E-state index in [1.54, 1.807) is 6.20 Å². The van der Waals surface area contributed by atoms with Crippen LogP contribution in [0.4, 0.5) is 5.82 Å². The van der Waals surface area contributed by atoms with Crippen molar-refractivity contribution in [2.24, 2.45) is 0 Å². The molecule has 0 spiro atoms. The van der Waals surface area contributed by atoms with E-state index in [0.29, 0.717) is 18.3 Å². The molecule has 1 aliphatic carbocycles. The molecule has 0 aliphatic heterocycles. The lowest BCUT2D eigenvalue weighted by molar-refractivity contribution is 0.630. The molecule has 2 N–H and O–H groups in total. The fourth-order valence-electron chi connectivity index (χ4n) is 4.39. The first-order chi connectivity index (χ1) is 17.2. The minimum absolute atomic E-state index is 0.519. The van der Waals surface area contributed by atoms with E-state index in [1.807, 2.05) is 40.9 Å². The number of anilines is 1. The van der Waals surface area contributed by atoms with Crippen molar-refractivity contribution in [3.8, 4) is 22.7 Å².